The quantitative estimate of drug-likeness (QED) is 0.697. The predicted octanol–water partition coefficient (Wildman–Crippen LogP) is 4.55. The topological polar surface area (TPSA) is 68.3 Å². The zero-order valence-electron chi connectivity index (χ0n) is 16.5. The van der Waals surface area contributed by atoms with Gasteiger partial charge >= 0.3 is 0 Å². The Bertz CT molecular complexity index is 743. The van der Waals surface area contributed by atoms with Gasteiger partial charge in [-0.05, 0) is 37.5 Å². The van der Waals surface area contributed by atoms with Crippen molar-refractivity contribution in [1.29, 1.82) is 0 Å². The Kier molecular flexibility index (Phi) is 6.74. The van der Waals surface area contributed by atoms with Gasteiger partial charge in [-0.25, -0.2) is 4.98 Å². The van der Waals surface area contributed by atoms with Crippen molar-refractivity contribution >= 4 is 11.8 Å². The monoisotopic (exact) mass is 370 g/mol. The third-order valence-corrected chi connectivity index (χ3v) is 4.96. The van der Waals surface area contributed by atoms with Crippen molar-refractivity contribution < 1.29 is 9.47 Å². The van der Waals surface area contributed by atoms with Crippen LogP contribution < -0.4 is 20.1 Å². The van der Waals surface area contributed by atoms with Gasteiger partial charge in [0.2, 0.25) is 5.95 Å². The van der Waals surface area contributed by atoms with Crippen LogP contribution in [0.25, 0.3) is 0 Å². The number of rotatable bonds is 7. The van der Waals surface area contributed by atoms with Gasteiger partial charge in [0, 0.05) is 24.3 Å². The van der Waals surface area contributed by atoms with E-state index in [0.717, 1.165) is 28.6 Å². The number of anilines is 2. The van der Waals surface area contributed by atoms with Crippen molar-refractivity contribution in [1.82, 2.24) is 9.97 Å². The standard InChI is InChI=1S/C21H30N4O2/c1-15-12-20(24-17-8-6-4-5-7-9-17)25-21(23-15)22-14-16-10-11-18(26-2)19(13-16)27-3/h10-13,17H,4-9,14H2,1-3H3,(H2,22,23,24,25). The Hall–Kier alpha value is -2.50. The first-order valence-corrected chi connectivity index (χ1v) is 9.75. The molecule has 146 valence electrons. The first-order valence-electron chi connectivity index (χ1n) is 9.75. The lowest BCUT2D eigenvalue weighted by atomic mass is 10.1. The Morgan fingerprint density at radius 2 is 1.70 bits per heavy atom. The molecule has 1 heterocycles. The van der Waals surface area contributed by atoms with Gasteiger partial charge in [-0.2, -0.15) is 4.98 Å². The summed E-state index contributed by atoms with van der Waals surface area (Å²) in [4.78, 5) is 9.18. The zero-order chi connectivity index (χ0) is 19.1. The molecule has 0 unspecified atom stereocenters. The van der Waals surface area contributed by atoms with Crippen LogP contribution in [0.3, 0.4) is 0 Å². The molecule has 1 fully saturated rings. The van der Waals surface area contributed by atoms with Crippen molar-refractivity contribution in [3.05, 3.63) is 35.5 Å². The molecule has 2 N–H and O–H groups in total. The molecule has 27 heavy (non-hydrogen) atoms. The van der Waals surface area contributed by atoms with Crippen molar-refractivity contribution in [3.63, 3.8) is 0 Å². The average molecular weight is 370 g/mol. The van der Waals surface area contributed by atoms with E-state index in [1.165, 1.54) is 38.5 Å². The van der Waals surface area contributed by atoms with E-state index in [-0.39, 0.29) is 0 Å². The van der Waals surface area contributed by atoms with Crippen LogP contribution in [0.5, 0.6) is 11.5 Å². The van der Waals surface area contributed by atoms with E-state index < -0.39 is 0 Å². The number of nitrogens with one attached hydrogen (secondary N) is 2. The summed E-state index contributed by atoms with van der Waals surface area (Å²) in [6, 6.07) is 8.42. The fourth-order valence-electron chi connectivity index (χ4n) is 3.53. The van der Waals surface area contributed by atoms with Crippen molar-refractivity contribution in [2.45, 2.75) is 58.0 Å². The summed E-state index contributed by atoms with van der Waals surface area (Å²) in [6.45, 7) is 2.62. The molecule has 0 aliphatic heterocycles. The van der Waals surface area contributed by atoms with Gasteiger partial charge in [-0.3, -0.25) is 0 Å². The van der Waals surface area contributed by atoms with E-state index in [2.05, 4.69) is 20.6 Å². The van der Waals surface area contributed by atoms with E-state index >= 15 is 0 Å². The third-order valence-electron chi connectivity index (χ3n) is 4.96. The Morgan fingerprint density at radius 1 is 0.963 bits per heavy atom. The molecule has 0 radical (unpaired) electrons. The molecule has 1 aliphatic carbocycles. The predicted molar refractivity (Wildman–Crippen MR) is 109 cm³/mol. The highest BCUT2D eigenvalue weighted by atomic mass is 16.5. The molecule has 6 nitrogen and oxygen atoms in total. The maximum Gasteiger partial charge on any atom is 0.225 e. The molecule has 1 aliphatic rings. The van der Waals surface area contributed by atoms with Gasteiger partial charge in [-0.1, -0.05) is 31.7 Å². The summed E-state index contributed by atoms with van der Waals surface area (Å²) >= 11 is 0. The smallest absolute Gasteiger partial charge is 0.225 e. The molecular formula is C21H30N4O2. The summed E-state index contributed by atoms with van der Waals surface area (Å²) in [5, 5.41) is 6.93. The van der Waals surface area contributed by atoms with Crippen LogP contribution in [0, 0.1) is 6.92 Å². The highest BCUT2D eigenvalue weighted by Crippen LogP contribution is 2.28. The lowest BCUT2D eigenvalue weighted by Crippen LogP contribution is -2.19. The van der Waals surface area contributed by atoms with Crippen LogP contribution >= 0.6 is 0 Å². The summed E-state index contributed by atoms with van der Waals surface area (Å²) in [5.74, 6) is 2.99. The van der Waals surface area contributed by atoms with Crippen LogP contribution in [-0.2, 0) is 6.54 Å². The van der Waals surface area contributed by atoms with Crippen LogP contribution in [0.4, 0.5) is 11.8 Å². The van der Waals surface area contributed by atoms with E-state index in [9.17, 15) is 0 Å². The average Bonchev–Trinajstić information content (AvgIpc) is 2.94. The van der Waals surface area contributed by atoms with Gasteiger partial charge in [0.1, 0.15) is 5.82 Å². The summed E-state index contributed by atoms with van der Waals surface area (Å²) in [6.07, 6.45) is 7.73. The first kappa shape index (κ1) is 19.3. The van der Waals surface area contributed by atoms with Crippen LogP contribution in [0.1, 0.15) is 49.8 Å². The number of aromatic nitrogens is 2. The lowest BCUT2D eigenvalue weighted by Gasteiger charge is -2.18. The SMILES string of the molecule is COc1ccc(CNc2nc(C)cc(NC3CCCCCC3)n2)cc1OC. The van der Waals surface area contributed by atoms with Gasteiger partial charge in [0.25, 0.3) is 0 Å². The largest absolute Gasteiger partial charge is 0.493 e. The zero-order valence-corrected chi connectivity index (χ0v) is 16.5. The molecule has 0 bridgehead atoms. The number of benzene rings is 1. The summed E-state index contributed by atoms with van der Waals surface area (Å²) in [5.41, 5.74) is 2.03. The number of hydrogen-bond acceptors (Lipinski definition) is 6. The second-order valence-corrected chi connectivity index (χ2v) is 7.09. The number of nitrogens with zero attached hydrogens (tertiary/aromatic N) is 2. The Morgan fingerprint density at radius 3 is 2.41 bits per heavy atom. The van der Waals surface area contributed by atoms with E-state index in [0.29, 0.717) is 18.5 Å². The third kappa shape index (κ3) is 5.49. The fourth-order valence-corrected chi connectivity index (χ4v) is 3.53. The van der Waals surface area contributed by atoms with Crippen molar-refractivity contribution in [3.8, 4) is 11.5 Å². The van der Waals surface area contributed by atoms with Crippen molar-refractivity contribution in [2.24, 2.45) is 0 Å². The minimum absolute atomic E-state index is 0.514. The molecule has 2 aromatic rings. The van der Waals surface area contributed by atoms with Crippen LogP contribution in [-0.4, -0.2) is 30.2 Å². The molecule has 1 aromatic carbocycles. The molecule has 3 rings (SSSR count). The molecule has 0 saturated heterocycles. The Labute approximate surface area is 161 Å². The second-order valence-electron chi connectivity index (χ2n) is 7.09. The fraction of sp³-hybridized carbons (Fsp3) is 0.524. The maximum atomic E-state index is 5.37. The molecule has 0 amide bonds. The highest BCUT2D eigenvalue weighted by molar-refractivity contribution is 5.45. The number of hydrogen-bond donors (Lipinski definition) is 2. The summed E-state index contributed by atoms with van der Waals surface area (Å²) in [7, 11) is 3.28. The maximum absolute atomic E-state index is 5.37. The van der Waals surface area contributed by atoms with Gasteiger partial charge in [0.05, 0.1) is 14.2 Å². The molecule has 1 saturated carbocycles. The first-order chi connectivity index (χ1) is 13.2. The highest BCUT2D eigenvalue weighted by Gasteiger charge is 2.13. The van der Waals surface area contributed by atoms with Crippen LogP contribution in [0.15, 0.2) is 24.3 Å². The molecule has 1 aromatic heterocycles. The second kappa shape index (κ2) is 9.44. The number of aryl methyl sites for hydroxylation is 1. The van der Waals surface area contributed by atoms with E-state index in [1.54, 1.807) is 14.2 Å². The van der Waals surface area contributed by atoms with Gasteiger partial charge in [0.15, 0.2) is 11.5 Å². The van der Waals surface area contributed by atoms with Gasteiger partial charge < -0.3 is 20.1 Å². The number of methoxy groups -OCH3 is 2. The lowest BCUT2D eigenvalue weighted by molar-refractivity contribution is 0.354. The minimum atomic E-state index is 0.514. The molecule has 6 heteroatoms. The minimum Gasteiger partial charge on any atom is -0.493 e. The van der Waals surface area contributed by atoms with Crippen molar-refractivity contribution in [2.75, 3.05) is 24.9 Å². The molecule has 0 atom stereocenters. The Balaban J connectivity index is 1.65. The molecular weight excluding hydrogens is 340 g/mol. The number of ether oxygens (including phenoxy) is 2. The van der Waals surface area contributed by atoms with Gasteiger partial charge in [-0.15, -0.1) is 0 Å². The summed E-state index contributed by atoms with van der Waals surface area (Å²) < 4.78 is 10.7. The van der Waals surface area contributed by atoms with Crippen LogP contribution in [0.2, 0.25) is 0 Å². The molecule has 0 spiro atoms. The van der Waals surface area contributed by atoms with E-state index in [1.807, 2.05) is 31.2 Å². The van der Waals surface area contributed by atoms with E-state index in [4.69, 9.17) is 9.47 Å². The normalized spacial score (nSPS) is 15.1.